The lowest BCUT2D eigenvalue weighted by Crippen LogP contribution is -2.17. The maximum atomic E-state index is 13.2. The van der Waals surface area contributed by atoms with Crippen molar-refractivity contribution in [2.45, 2.75) is 4.90 Å². The molecule has 4 rings (SSSR count). The monoisotopic (exact) mass is 584 g/mol. The third kappa shape index (κ3) is 5.85. The van der Waals surface area contributed by atoms with Gasteiger partial charge in [0.15, 0.2) is 0 Å². The van der Waals surface area contributed by atoms with E-state index >= 15 is 0 Å². The molecule has 0 saturated heterocycles. The van der Waals surface area contributed by atoms with Crippen LogP contribution in [0.1, 0.15) is 16.1 Å². The van der Waals surface area contributed by atoms with Crippen LogP contribution in [0, 0.1) is 10.1 Å². The minimum absolute atomic E-state index is 0.0836. The minimum atomic E-state index is -4.47. The Morgan fingerprint density at radius 2 is 1.76 bits per heavy atom. The number of carbonyl (C=O) groups is 1. The first-order valence-electron chi connectivity index (χ1n) is 10.4. The van der Waals surface area contributed by atoms with Crippen LogP contribution in [0.15, 0.2) is 97.7 Å². The van der Waals surface area contributed by atoms with Gasteiger partial charge in [-0.3, -0.25) is 20.3 Å². The molecule has 0 aliphatic rings. The molecule has 0 atom stereocenters. The van der Waals surface area contributed by atoms with Crippen LogP contribution in [-0.2, 0) is 10.0 Å². The summed E-state index contributed by atoms with van der Waals surface area (Å²) >= 11 is 3.45. The zero-order chi connectivity index (χ0) is 26.6. The molecule has 0 fully saturated rings. The number of nitrogens with one attached hydrogen (secondary N) is 2. The number of furan rings is 1. The number of nitro groups is 1. The van der Waals surface area contributed by atoms with E-state index in [1.165, 1.54) is 36.5 Å². The molecular weight excluding hydrogens is 568 g/mol. The molecule has 0 spiro atoms. The van der Waals surface area contributed by atoms with Gasteiger partial charge in [-0.15, -0.1) is 0 Å². The van der Waals surface area contributed by atoms with Gasteiger partial charge in [0.2, 0.25) is 0 Å². The number of hydrogen-bond donors (Lipinski definition) is 3. The molecule has 0 aliphatic carbocycles. The van der Waals surface area contributed by atoms with Crippen molar-refractivity contribution in [1.29, 1.82) is 0 Å². The van der Waals surface area contributed by atoms with E-state index in [1.807, 2.05) is 24.3 Å². The molecule has 0 radical (unpaired) electrons. The number of hydrazone groups is 1. The van der Waals surface area contributed by atoms with Crippen LogP contribution >= 0.6 is 15.9 Å². The second kappa shape index (κ2) is 10.6. The smallest absolute Gasteiger partial charge is 0.337 e. The van der Waals surface area contributed by atoms with Crippen LogP contribution < -0.4 is 10.1 Å². The number of non-ortho nitro benzene ring substituents is 1. The Morgan fingerprint density at radius 1 is 1.03 bits per heavy atom. The summed E-state index contributed by atoms with van der Waals surface area (Å²) < 4.78 is 35.1. The number of benzene rings is 3. The van der Waals surface area contributed by atoms with Crippen LogP contribution in [0.3, 0.4) is 0 Å². The van der Waals surface area contributed by atoms with Crippen LogP contribution in [0.2, 0.25) is 0 Å². The number of para-hydroxylation sites is 1. The molecule has 3 aromatic carbocycles. The molecule has 1 aromatic heterocycles. The Bertz CT molecular complexity index is 1630. The summed E-state index contributed by atoms with van der Waals surface area (Å²) in [5, 5.41) is 24.6. The summed E-state index contributed by atoms with van der Waals surface area (Å²) in [6.45, 7) is 0. The van der Waals surface area contributed by atoms with Gasteiger partial charge in [0.25, 0.3) is 15.7 Å². The van der Waals surface area contributed by atoms with E-state index < -0.39 is 31.5 Å². The normalized spacial score (nSPS) is 11.4. The van der Waals surface area contributed by atoms with Crippen molar-refractivity contribution >= 4 is 55.2 Å². The fourth-order valence-corrected chi connectivity index (χ4v) is 5.03. The molecule has 3 N–H and O–H groups in total. The van der Waals surface area contributed by atoms with Crippen molar-refractivity contribution in [2.75, 3.05) is 10.1 Å². The third-order valence-electron chi connectivity index (χ3n) is 5.01. The molecule has 0 unspecified atom stereocenters. The van der Waals surface area contributed by atoms with Gasteiger partial charge in [-0.25, -0.2) is 13.2 Å². The molecule has 37 heavy (non-hydrogen) atoms. The van der Waals surface area contributed by atoms with Gasteiger partial charge >= 0.3 is 5.97 Å². The predicted molar refractivity (Wildman–Crippen MR) is 140 cm³/mol. The van der Waals surface area contributed by atoms with Crippen molar-refractivity contribution in [3.05, 3.63) is 105 Å². The second-order valence-electron chi connectivity index (χ2n) is 7.45. The maximum Gasteiger partial charge on any atom is 0.337 e. The molecule has 11 nitrogen and oxygen atoms in total. The number of hydrogen-bond acceptors (Lipinski definition) is 8. The zero-order valence-electron chi connectivity index (χ0n) is 18.7. The molecule has 188 valence electrons. The molecule has 4 aromatic rings. The summed E-state index contributed by atoms with van der Waals surface area (Å²) in [6, 6.07) is 19.4. The summed E-state index contributed by atoms with van der Waals surface area (Å²) in [6.07, 6.45) is 1.31. The first-order valence-corrected chi connectivity index (χ1v) is 12.7. The lowest BCUT2D eigenvalue weighted by atomic mass is 10.2. The fourth-order valence-electron chi connectivity index (χ4n) is 3.29. The van der Waals surface area contributed by atoms with E-state index in [0.29, 0.717) is 11.5 Å². The van der Waals surface area contributed by atoms with E-state index in [1.54, 1.807) is 12.1 Å². The lowest BCUT2D eigenvalue weighted by Gasteiger charge is -2.13. The number of nitrogens with zero attached hydrogens (tertiary/aromatic N) is 2. The Balaban J connectivity index is 1.63. The highest BCUT2D eigenvalue weighted by atomic mass is 79.9. The first-order chi connectivity index (χ1) is 17.7. The molecular formula is C24H17BrN4O7S. The quantitative estimate of drug-likeness (QED) is 0.131. The Hall–Kier alpha value is -4.49. The number of sulfonamides is 1. The van der Waals surface area contributed by atoms with Crippen LogP contribution in [-0.4, -0.2) is 30.6 Å². The van der Waals surface area contributed by atoms with Crippen molar-refractivity contribution < 1.29 is 27.7 Å². The Morgan fingerprint density at radius 3 is 2.49 bits per heavy atom. The highest BCUT2D eigenvalue weighted by Gasteiger charge is 2.24. The number of aromatic carboxylic acids is 1. The molecule has 0 aliphatic heterocycles. The number of nitro benzene ring substituents is 1. The van der Waals surface area contributed by atoms with Crippen molar-refractivity contribution in [3.8, 4) is 11.3 Å². The topological polar surface area (TPSA) is 164 Å². The summed E-state index contributed by atoms with van der Waals surface area (Å²) in [5.41, 5.74) is 2.33. The van der Waals surface area contributed by atoms with E-state index in [9.17, 15) is 28.4 Å². The van der Waals surface area contributed by atoms with Crippen LogP contribution in [0.4, 0.5) is 17.1 Å². The largest absolute Gasteiger partial charge is 0.478 e. The van der Waals surface area contributed by atoms with Crippen LogP contribution in [0.25, 0.3) is 11.3 Å². The SMILES string of the molecule is O=C(O)c1ccccc1NS(=O)(=O)c1cc([N+](=O)[O-])ccc1NN=Cc1ccc(-c2ccccc2Br)o1. The van der Waals surface area contributed by atoms with E-state index in [2.05, 4.69) is 31.2 Å². The first kappa shape index (κ1) is 25.6. The van der Waals surface area contributed by atoms with Gasteiger partial charge in [0, 0.05) is 22.2 Å². The average Bonchev–Trinajstić information content (AvgIpc) is 3.33. The zero-order valence-corrected chi connectivity index (χ0v) is 21.1. The minimum Gasteiger partial charge on any atom is -0.478 e. The van der Waals surface area contributed by atoms with Gasteiger partial charge in [-0.2, -0.15) is 5.10 Å². The summed E-state index contributed by atoms with van der Waals surface area (Å²) in [7, 11) is -4.47. The molecule has 13 heteroatoms. The molecule has 0 amide bonds. The number of anilines is 2. The van der Waals surface area contributed by atoms with E-state index in [-0.39, 0.29) is 16.9 Å². The second-order valence-corrected chi connectivity index (χ2v) is 9.95. The molecule has 0 saturated carbocycles. The standard InChI is InChI=1S/C24H17BrN4O7S/c25-19-7-3-1-5-17(19)22-12-10-16(36-22)14-26-27-21-11-9-15(29(32)33)13-23(21)37(34,35)28-20-8-4-2-6-18(20)24(30)31/h1-14,27-28H,(H,30,31). The highest BCUT2D eigenvalue weighted by Crippen LogP contribution is 2.30. The molecule has 0 bridgehead atoms. The van der Waals surface area contributed by atoms with Gasteiger partial charge < -0.3 is 9.52 Å². The number of halogens is 1. The molecule has 1 heterocycles. The van der Waals surface area contributed by atoms with Crippen molar-refractivity contribution in [3.63, 3.8) is 0 Å². The highest BCUT2D eigenvalue weighted by molar-refractivity contribution is 9.10. The third-order valence-corrected chi connectivity index (χ3v) is 7.11. The van der Waals surface area contributed by atoms with Crippen molar-refractivity contribution in [2.24, 2.45) is 5.10 Å². The fraction of sp³-hybridized carbons (Fsp3) is 0. The van der Waals surface area contributed by atoms with Gasteiger partial charge in [-0.1, -0.05) is 46.3 Å². The maximum absolute atomic E-state index is 13.2. The van der Waals surface area contributed by atoms with E-state index in [0.717, 1.165) is 22.2 Å². The van der Waals surface area contributed by atoms with Crippen molar-refractivity contribution in [1.82, 2.24) is 0 Å². The number of rotatable bonds is 9. The lowest BCUT2D eigenvalue weighted by molar-refractivity contribution is -0.385. The average molecular weight is 585 g/mol. The Labute approximate surface area is 218 Å². The van der Waals surface area contributed by atoms with E-state index in [4.69, 9.17) is 4.42 Å². The summed E-state index contributed by atoms with van der Waals surface area (Å²) in [5.74, 6) is -0.410. The summed E-state index contributed by atoms with van der Waals surface area (Å²) in [4.78, 5) is 21.5. The Kier molecular flexibility index (Phi) is 7.36. The van der Waals surface area contributed by atoms with Gasteiger partial charge in [-0.05, 0) is 36.4 Å². The van der Waals surface area contributed by atoms with Gasteiger partial charge in [0.1, 0.15) is 16.4 Å². The van der Waals surface area contributed by atoms with Crippen LogP contribution in [0.5, 0.6) is 0 Å². The number of carboxylic acid groups (broad SMARTS) is 1. The van der Waals surface area contributed by atoms with Gasteiger partial charge in [0.05, 0.1) is 28.1 Å². The number of carboxylic acids is 1. The predicted octanol–water partition coefficient (Wildman–Crippen LogP) is 5.56.